The summed E-state index contributed by atoms with van der Waals surface area (Å²) < 4.78 is 0. The molecule has 1 radical (unpaired) electrons. The second-order valence-electron chi connectivity index (χ2n) is 6.11. The molecule has 4 bridgehead atoms. The second-order valence-corrected chi connectivity index (χ2v) is 6.11. The summed E-state index contributed by atoms with van der Waals surface area (Å²) in [6.07, 6.45) is 12.8. The van der Waals surface area contributed by atoms with E-state index in [1.54, 1.807) is 0 Å². The lowest BCUT2D eigenvalue weighted by Gasteiger charge is -2.56. The zero-order valence-corrected chi connectivity index (χ0v) is 9.02. The minimum atomic E-state index is 0.450. The van der Waals surface area contributed by atoms with Gasteiger partial charge in [-0.05, 0) is 62.4 Å². The number of rotatable bonds is 1. The Morgan fingerprint density at radius 2 is 1.60 bits per heavy atom. The lowest BCUT2D eigenvalue weighted by atomic mass is 9.48. The third kappa shape index (κ3) is 1.08. The predicted molar refractivity (Wildman–Crippen MR) is 59.3 cm³/mol. The van der Waals surface area contributed by atoms with Crippen LogP contribution in [-0.4, -0.2) is 5.71 Å². The maximum atomic E-state index is 4.36. The Morgan fingerprint density at radius 1 is 1.00 bits per heavy atom. The molecule has 15 heavy (non-hydrogen) atoms. The van der Waals surface area contributed by atoms with Gasteiger partial charge in [0.25, 0.3) is 0 Å². The molecule has 5 rings (SSSR count). The molecule has 79 valence electrons. The molecule has 0 N–H and O–H groups in total. The van der Waals surface area contributed by atoms with Gasteiger partial charge in [-0.25, -0.2) is 0 Å². The minimum absolute atomic E-state index is 0.450. The Kier molecular flexibility index (Phi) is 1.48. The van der Waals surface area contributed by atoms with Crippen LogP contribution in [-0.2, 0) is 0 Å². The fourth-order valence-electron chi connectivity index (χ4n) is 4.94. The summed E-state index contributed by atoms with van der Waals surface area (Å²) in [4.78, 5) is 0. The fraction of sp³-hybridized carbons (Fsp3) is 0.769. The fourth-order valence-corrected chi connectivity index (χ4v) is 4.94. The molecule has 0 aromatic heterocycles. The van der Waals surface area contributed by atoms with Gasteiger partial charge < -0.3 is 0 Å². The molecule has 0 aromatic rings. The van der Waals surface area contributed by atoms with Crippen molar-refractivity contribution in [1.82, 2.24) is 5.43 Å². The first-order valence-corrected chi connectivity index (χ1v) is 6.29. The van der Waals surface area contributed by atoms with Gasteiger partial charge in [-0.2, -0.15) is 10.5 Å². The monoisotopic (exact) mass is 201 g/mol. The lowest BCUT2D eigenvalue weighted by Crippen LogP contribution is -2.49. The maximum Gasteiger partial charge on any atom is 0.0708 e. The number of hydrogen-bond acceptors (Lipinski definition) is 1. The topological polar surface area (TPSA) is 26.5 Å². The molecule has 1 heterocycles. The second kappa shape index (κ2) is 2.66. The van der Waals surface area contributed by atoms with E-state index in [1.807, 2.05) is 6.20 Å². The van der Waals surface area contributed by atoms with E-state index in [0.29, 0.717) is 5.41 Å². The van der Waals surface area contributed by atoms with Crippen LogP contribution in [0.15, 0.2) is 17.4 Å². The Bertz CT molecular complexity index is 318. The van der Waals surface area contributed by atoms with Gasteiger partial charge in [0.1, 0.15) is 0 Å². The molecule has 0 unspecified atom stereocenters. The average molecular weight is 201 g/mol. The van der Waals surface area contributed by atoms with Gasteiger partial charge >= 0.3 is 0 Å². The summed E-state index contributed by atoms with van der Waals surface area (Å²) >= 11 is 0. The van der Waals surface area contributed by atoms with Crippen molar-refractivity contribution in [2.24, 2.45) is 28.3 Å². The molecule has 5 aliphatic rings. The molecule has 4 fully saturated rings. The first-order chi connectivity index (χ1) is 7.34. The van der Waals surface area contributed by atoms with Crippen LogP contribution in [0, 0.1) is 23.2 Å². The van der Waals surface area contributed by atoms with Crippen LogP contribution in [0.2, 0.25) is 0 Å². The minimum Gasteiger partial charge on any atom is -0.159 e. The Labute approximate surface area is 90.8 Å². The molecule has 0 spiro atoms. The molecule has 0 atom stereocenters. The Hall–Kier alpha value is -0.790. The molecule has 2 heteroatoms. The Morgan fingerprint density at radius 3 is 2.07 bits per heavy atom. The van der Waals surface area contributed by atoms with E-state index in [1.165, 1.54) is 44.2 Å². The van der Waals surface area contributed by atoms with E-state index < -0.39 is 0 Å². The molecule has 4 aliphatic carbocycles. The van der Waals surface area contributed by atoms with Crippen LogP contribution in [0.25, 0.3) is 0 Å². The van der Waals surface area contributed by atoms with E-state index in [2.05, 4.69) is 16.6 Å². The first kappa shape index (κ1) is 8.37. The van der Waals surface area contributed by atoms with Gasteiger partial charge in [-0.15, -0.1) is 0 Å². The van der Waals surface area contributed by atoms with Gasteiger partial charge in [0.2, 0.25) is 0 Å². The highest BCUT2D eigenvalue weighted by Gasteiger charge is 2.53. The summed E-state index contributed by atoms with van der Waals surface area (Å²) in [6, 6.07) is 0. The summed E-state index contributed by atoms with van der Waals surface area (Å²) in [5, 5.41) is 4.36. The van der Waals surface area contributed by atoms with E-state index in [-0.39, 0.29) is 0 Å². The van der Waals surface area contributed by atoms with Crippen molar-refractivity contribution in [2.75, 3.05) is 0 Å². The largest absolute Gasteiger partial charge is 0.159 e. The average Bonchev–Trinajstić information content (AvgIpc) is 2.67. The summed E-state index contributed by atoms with van der Waals surface area (Å²) in [5.41, 5.74) is 5.79. The summed E-state index contributed by atoms with van der Waals surface area (Å²) in [5.74, 6) is 3.02. The van der Waals surface area contributed by atoms with Gasteiger partial charge in [-0.3, -0.25) is 0 Å². The van der Waals surface area contributed by atoms with Gasteiger partial charge in [0.15, 0.2) is 0 Å². The van der Waals surface area contributed by atoms with Crippen LogP contribution >= 0.6 is 0 Å². The quantitative estimate of drug-likeness (QED) is 0.623. The van der Waals surface area contributed by atoms with Crippen LogP contribution in [0.4, 0.5) is 0 Å². The van der Waals surface area contributed by atoms with E-state index >= 15 is 0 Å². The number of hydrogen-bond donors (Lipinski definition) is 0. The third-order valence-corrected chi connectivity index (χ3v) is 5.05. The standard InChI is InChI=1S/C13H17N2/c1-2-14-15-12(1)13-6-9-3-10(7-13)5-11(4-9)8-13/h1-2,9-11H,3-8H2. The van der Waals surface area contributed by atoms with Crippen molar-refractivity contribution in [3.05, 3.63) is 12.3 Å². The molecular weight excluding hydrogens is 184 g/mol. The highest BCUT2D eigenvalue weighted by molar-refractivity contribution is 6.00. The maximum absolute atomic E-state index is 4.36. The molecule has 1 aliphatic heterocycles. The molecule has 0 amide bonds. The van der Waals surface area contributed by atoms with Crippen molar-refractivity contribution in [2.45, 2.75) is 38.5 Å². The van der Waals surface area contributed by atoms with Crippen molar-refractivity contribution in [3.63, 3.8) is 0 Å². The molecule has 0 aromatic carbocycles. The summed E-state index contributed by atoms with van der Waals surface area (Å²) in [6.45, 7) is 0. The molecule has 0 saturated heterocycles. The van der Waals surface area contributed by atoms with Crippen molar-refractivity contribution in [3.8, 4) is 0 Å². The lowest BCUT2D eigenvalue weighted by molar-refractivity contribution is -0.0118. The summed E-state index contributed by atoms with van der Waals surface area (Å²) in [7, 11) is 0. The van der Waals surface area contributed by atoms with Crippen LogP contribution < -0.4 is 5.43 Å². The van der Waals surface area contributed by atoms with Crippen LogP contribution in [0.1, 0.15) is 38.5 Å². The van der Waals surface area contributed by atoms with E-state index in [0.717, 1.165) is 17.8 Å². The normalized spacial score (nSPS) is 50.7. The molecule has 4 saturated carbocycles. The molecular formula is C13H17N2. The van der Waals surface area contributed by atoms with E-state index in [4.69, 9.17) is 0 Å². The van der Waals surface area contributed by atoms with Crippen molar-refractivity contribution in [1.29, 1.82) is 0 Å². The smallest absolute Gasteiger partial charge is 0.0708 e. The number of nitrogens with zero attached hydrogens (tertiary/aromatic N) is 2. The van der Waals surface area contributed by atoms with Crippen LogP contribution in [0.5, 0.6) is 0 Å². The highest BCUT2D eigenvalue weighted by Crippen LogP contribution is 2.60. The Balaban J connectivity index is 1.74. The van der Waals surface area contributed by atoms with Gasteiger partial charge in [0.05, 0.1) is 11.9 Å². The first-order valence-electron chi connectivity index (χ1n) is 6.29. The predicted octanol–water partition coefficient (Wildman–Crippen LogP) is 2.69. The molecule has 2 nitrogen and oxygen atoms in total. The third-order valence-electron chi connectivity index (χ3n) is 5.05. The SMILES string of the molecule is C1=CC(C23CC4CC(CC(C4)C2)C3)=N[N]1. The van der Waals surface area contributed by atoms with Gasteiger partial charge in [-0.1, -0.05) is 0 Å². The number of allylic oxidation sites excluding steroid dienone is 1. The van der Waals surface area contributed by atoms with Crippen molar-refractivity contribution < 1.29 is 0 Å². The van der Waals surface area contributed by atoms with Crippen molar-refractivity contribution >= 4 is 5.71 Å². The van der Waals surface area contributed by atoms with Crippen LogP contribution in [0.3, 0.4) is 0 Å². The highest BCUT2D eigenvalue weighted by atomic mass is 15.3. The van der Waals surface area contributed by atoms with E-state index in [9.17, 15) is 0 Å². The van der Waals surface area contributed by atoms with Gasteiger partial charge in [0, 0.05) is 5.41 Å². The zero-order chi connectivity index (χ0) is 9.88. The zero-order valence-electron chi connectivity index (χ0n) is 9.02.